The standard InChI is InChI=1S/C15H18N2O2/c1-19-14-7-5-12(11-13(14)16)6-8-15(18)17-9-3-2-4-10-17/h3,5-9,11H,2,4,10,16H2,1H3/b8-6+. The van der Waals surface area contributed by atoms with Crippen molar-refractivity contribution in [3.05, 3.63) is 42.1 Å². The number of anilines is 1. The molecule has 4 heteroatoms. The van der Waals surface area contributed by atoms with Gasteiger partial charge in [0, 0.05) is 18.8 Å². The molecule has 4 nitrogen and oxygen atoms in total. The Labute approximate surface area is 113 Å². The van der Waals surface area contributed by atoms with Gasteiger partial charge in [0.1, 0.15) is 5.75 Å². The summed E-state index contributed by atoms with van der Waals surface area (Å²) in [7, 11) is 1.58. The first-order chi connectivity index (χ1) is 9.20. The lowest BCUT2D eigenvalue weighted by Gasteiger charge is -2.19. The average Bonchev–Trinajstić information content (AvgIpc) is 2.46. The van der Waals surface area contributed by atoms with Gasteiger partial charge in [-0.1, -0.05) is 12.1 Å². The minimum atomic E-state index is -0.00894. The van der Waals surface area contributed by atoms with E-state index in [1.165, 1.54) is 0 Å². The number of nitrogens with two attached hydrogens (primary N) is 1. The van der Waals surface area contributed by atoms with E-state index in [-0.39, 0.29) is 5.91 Å². The number of nitrogens with zero attached hydrogens (tertiary/aromatic N) is 1. The Morgan fingerprint density at radius 3 is 2.95 bits per heavy atom. The first-order valence-corrected chi connectivity index (χ1v) is 6.29. The molecule has 0 saturated carbocycles. The monoisotopic (exact) mass is 258 g/mol. The first-order valence-electron chi connectivity index (χ1n) is 6.29. The van der Waals surface area contributed by atoms with Crippen LogP contribution in [-0.2, 0) is 4.79 Å². The van der Waals surface area contributed by atoms with Crippen LogP contribution < -0.4 is 10.5 Å². The molecule has 2 rings (SSSR count). The van der Waals surface area contributed by atoms with Crippen LogP contribution in [0.25, 0.3) is 6.08 Å². The van der Waals surface area contributed by atoms with Gasteiger partial charge in [-0.2, -0.15) is 0 Å². The predicted octanol–water partition coefficient (Wildman–Crippen LogP) is 2.43. The average molecular weight is 258 g/mol. The van der Waals surface area contributed by atoms with Crippen molar-refractivity contribution in [3.63, 3.8) is 0 Å². The summed E-state index contributed by atoms with van der Waals surface area (Å²) in [5, 5.41) is 0. The number of ether oxygens (including phenoxy) is 1. The van der Waals surface area contributed by atoms with Crippen molar-refractivity contribution in [2.24, 2.45) is 0 Å². The van der Waals surface area contributed by atoms with E-state index in [1.807, 2.05) is 18.3 Å². The number of benzene rings is 1. The number of methoxy groups -OCH3 is 1. The zero-order valence-electron chi connectivity index (χ0n) is 11.0. The Bertz CT molecular complexity index is 521. The second kappa shape index (κ2) is 6.09. The minimum absolute atomic E-state index is 0.00894. The summed E-state index contributed by atoms with van der Waals surface area (Å²) < 4.78 is 5.09. The molecule has 0 aliphatic carbocycles. The number of carbonyl (C=O) groups is 1. The highest BCUT2D eigenvalue weighted by Gasteiger charge is 2.09. The summed E-state index contributed by atoms with van der Waals surface area (Å²) in [6, 6.07) is 5.44. The zero-order chi connectivity index (χ0) is 13.7. The molecule has 0 fully saturated rings. The fourth-order valence-corrected chi connectivity index (χ4v) is 1.96. The molecular formula is C15H18N2O2. The molecule has 0 spiro atoms. The number of hydrogen-bond donors (Lipinski definition) is 1. The van der Waals surface area contributed by atoms with E-state index in [4.69, 9.17) is 10.5 Å². The van der Waals surface area contributed by atoms with Crippen LogP contribution in [0.3, 0.4) is 0 Å². The van der Waals surface area contributed by atoms with Crippen molar-refractivity contribution >= 4 is 17.7 Å². The minimum Gasteiger partial charge on any atom is -0.495 e. The molecule has 100 valence electrons. The maximum Gasteiger partial charge on any atom is 0.250 e. The molecule has 0 aromatic heterocycles. The molecule has 1 amide bonds. The van der Waals surface area contributed by atoms with E-state index in [1.54, 1.807) is 36.3 Å². The molecule has 1 aromatic rings. The molecular weight excluding hydrogens is 240 g/mol. The third-order valence-corrected chi connectivity index (χ3v) is 3.01. The summed E-state index contributed by atoms with van der Waals surface area (Å²) in [6.45, 7) is 0.782. The highest BCUT2D eigenvalue weighted by atomic mass is 16.5. The van der Waals surface area contributed by atoms with Crippen LogP contribution in [0.1, 0.15) is 18.4 Å². The van der Waals surface area contributed by atoms with E-state index < -0.39 is 0 Å². The normalized spacial score (nSPS) is 14.9. The van der Waals surface area contributed by atoms with Crippen LogP contribution in [0.15, 0.2) is 36.6 Å². The number of nitrogen functional groups attached to an aromatic ring is 1. The molecule has 2 N–H and O–H groups in total. The van der Waals surface area contributed by atoms with E-state index in [2.05, 4.69) is 0 Å². The maximum atomic E-state index is 11.9. The molecule has 0 radical (unpaired) electrons. The van der Waals surface area contributed by atoms with E-state index >= 15 is 0 Å². The molecule has 0 saturated heterocycles. The summed E-state index contributed by atoms with van der Waals surface area (Å²) in [5.74, 6) is 0.632. The molecule has 1 aliphatic heterocycles. The third kappa shape index (κ3) is 3.37. The molecule has 1 aromatic carbocycles. The lowest BCUT2D eigenvalue weighted by atomic mass is 10.1. The van der Waals surface area contributed by atoms with Gasteiger partial charge in [-0.3, -0.25) is 4.79 Å². The molecule has 0 atom stereocenters. The van der Waals surface area contributed by atoms with Gasteiger partial charge in [0.15, 0.2) is 0 Å². The molecule has 1 aliphatic rings. The molecule has 0 bridgehead atoms. The Morgan fingerprint density at radius 1 is 1.47 bits per heavy atom. The highest BCUT2D eigenvalue weighted by molar-refractivity contribution is 5.92. The molecule has 0 unspecified atom stereocenters. The van der Waals surface area contributed by atoms with Crippen molar-refractivity contribution in [1.29, 1.82) is 0 Å². The Morgan fingerprint density at radius 2 is 2.32 bits per heavy atom. The number of carbonyl (C=O) groups excluding carboxylic acids is 1. The Kier molecular flexibility index (Phi) is 4.23. The lowest BCUT2D eigenvalue weighted by Crippen LogP contribution is -2.26. The fourth-order valence-electron chi connectivity index (χ4n) is 1.96. The van der Waals surface area contributed by atoms with Crippen molar-refractivity contribution in [1.82, 2.24) is 4.90 Å². The van der Waals surface area contributed by atoms with Gasteiger partial charge in [-0.05, 0) is 36.6 Å². The van der Waals surface area contributed by atoms with E-state index in [9.17, 15) is 4.79 Å². The second-order valence-corrected chi connectivity index (χ2v) is 4.39. The van der Waals surface area contributed by atoms with Gasteiger partial charge in [0.05, 0.1) is 12.8 Å². The number of amides is 1. The van der Waals surface area contributed by atoms with Gasteiger partial charge >= 0.3 is 0 Å². The topological polar surface area (TPSA) is 55.6 Å². The number of rotatable bonds is 3. The molecule has 19 heavy (non-hydrogen) atoms. The van der Waals surface area contributed by atoms with Crippen molar-refractivity contribution in [2.45, 2.75) is 12.8 Å². The quantitative estimate of drug-likeness (QED) is 0.669. The van der Waals surface area contributed by atoms with Gasteiger partial charge in [-0.15, -0.1) is 0 Å². The Balaban J connectivity index is 2.05. The summed E-state index contributed by atoms with van der Waals surface area (Å²) in [6.07, 6.45) is 9.25. The van der Waals surface area contributed by atoms with Crippen LogP contribution >= 0.6 is 0 Å². The Hall–Kier alpha value is -2.23. The summed E-state index contributed by atoms with van der Waals surface area (Å²) in [5.41, 5.74) is 7.26. The summed E-state index contributed by atoms with van der Waals surface area (Å²) in [4.78, 5) is 13.6. The first kappa shape index (κ1) is 13.2. The fraction of sp³-hybridized carbons (Fsp3) is 0.267. The largest absolute Gasteiger partial charge is 0.495 e. The van der Waals surface area contributed by atoms with Crippen LogP contribution in [0.4, 0.5) is 5.69 Å². The molecule has 1 heterocycles. The van der Waals surface area contributed by atoms with Crippen molar-refractivity contribution in [3.8, 4) is 5.75 Å². The van der Waals surface area contributed by atoms with Gasteiger partial charge < -0.3 is 15.4 Å². The van der Waals surface area contributed by atoms with Crippen LogP contribution in [0.5, 0.6) is 5.75 Å². The van der Waals surface area contributed by atoms with Crippen molar-refractivity contribution in [2.75, 3.05) is 19.4 Å². The maximum absolute atomic E-state index is 11.9. The lowest BCUT2D eigenvalue weighted by molar-refractivity contribution is -0.123. The number of hydrogen-bond acceptors (Lipinski definition) is 3. The van der Waals surface area contributed by atoms with Gasteiger partial charge in [-0.25, -0.2) is 0 Å². The SMILES string of the molecule is COc1ccc(/C=C/C(=O)N2C=CCCC2)cc1N. The smallest absolute Gasteiger partial charge is 0.250 e. The summed E-state index contributed by atoms with van der Waals surface area (Å²) >= 11 is 0. The van der Waals surface area contributed by atoms with Gasteiger partial charge in [0.25, 0.3) is 5.91 Å². The predicted molar refractivity (Wildman–Crippen MR) is 76.5 cm³/mol. The highest BCUT2D eigenvalue weighted by Crippen LogP contribution is 2.22. The third-order valence-electron chi connectivity index (χ3n) is 3.01. The zero-order valence-corrected chi connectivity index (χ0v) is 11.0. The van der Waals surface area contributed by atoms with Crippen LogP contribution in [-0.4, -0.2) is 24.5 Å². The van der Waals surface area contributed by atoms with Crippen molar-refractivity contribution < 1.29 is 9.53 Å². The van der Waals surface area contributed by atoms with Crippen LogP contribution in [0.2, 0.25) is 0 Å². The van der Waals surface area contributed by atoms with Crippen LogP contribution in [0, 0.1) is 0 Å². The number of allylic oxidation sites excluding steroid dienone is 1. The van der Waals surface area contributed by atoms with Gasteiger partial charge in [0.2, 0.25) is 0 Å². The van der Waals surface area contributed by atoms with E-state index in [0.29, 0.717) is 11.4 Å². The van der Waals surface area contributed by atoms with E-state index in [0.717, 1.165) is 24.9 Å². The second-order valence-electron chi connectivity index (χ2n) is 4.39.